The van der Waals surface area contributed by atoms with Crippen LogP contribution < -0.4 is 5.32 Å². The van der Waals surface area contributed by atoms with Crippen LogP contribution in [0.1, 0.15) is 27.7 Å². The molecule has 0 unspecified atom stereocenters. The Labute approximate surface area is 127 Å². The van der Waals surface area contributed by atoms with Crippen molar-refractivity contribution in [2.45, 2.75) is 39.8 Å². The van der Waals surface area contributed by atoms with Gasteiger partial charge in [0.2, 0.25) is 0 Å². The first-order chi connectivity index (χ1) is 9.32. The summed E-state index contributed by atoms with van der Waals surface area (Å²) in [6.45, 7) is 10.3. The topological polar surface area (TPSA) is 71.3 Å². The molecule has 0 bridgehead atoms. The highest BCUT2D eigenvalue weighted by Crippen LogP contribution is 2.24. The average Bonchev–Trinajstić information content (AvgIpc) is 2.34. The SMILES string of the molecule is CC(C)N(CCNc1ncc([N+](=O)[O-])cc1Br)C(C)C. The summed E-state index contributed by atoms with van der Waals surface area (Å²) in [4.78, 5) is 16.6. The summed E-state index contributed by atoms with van der Waals surface area (Å²) in [5, 5.41) is 13.8. The van der Waals surface area contributed by atoms with E-state index in [0.29, 0.717) is 22.4 Å². The van der Waals surface area contributed by atoms with Crippen LogP contribution >= 0.6 is 15.9 Å². The summed E-state index contributed by atoms with van der Waals surface area (Å²) in [6, 6.07) is 2.41. The van der Waals surface area contributed by atoms with Crippen molar-refractivity contribution in [3.05, 3.63) is 26.9 Å². The van der Waals surface area contributed by atoms with Gasteiger partial charge < -0.3 is 5.32 Å². The lowest BCUT2D eigenvalue weighted by molar-refractivity contribution is -0.385. The van der Waals surface area contributed by atoms with E-state index in [1.54, 1.807) is 0 Å². The smallest absolute Gasteiger partial charge is 0.288 e. The third kappa shape index (κ3) is 4.72. The second-order valence-corrected chi connectivity index (χ2v) is 5.99. The predicted octanol–water partition coefficient (Wildman–Crippen LogP) is 3.28. The molecular weight excluding hydrogens is 324 g/mol. The van der Waals surface area contributed by atoms with Gasteiger partial charge in [0, 0.05) is 31.2 Å². The number of nitrogens with zero attached hydrogens (tertiary/aromatic N) is 3. The average molecular weight is 345 g/mol. The first-order valence-corrected chi connectivity index (χ1v) is 7.41. The Morgan fingerprint density at radius 1 is 1.40 bits per heavy atom. The van der Waals surface area contributed by atoms with Crippen LogP contribution in [0.2, 0.25) is 0 Å². The van der Waals surface area contributed by atoms with Crippen molar-refractivity contribution in [2.75, 3.05) is 18.4 Å². The molecule has 7 heteroatoms. The van der Waals surface area contributed by atoms with Crippen LogP contribution in [0.15, 0.2) is 16.7 Å². The van der Waals surface area contributed by atoms with Gasteiger partial charge in [-0.2, -0.15) is 0 Å². The normalized spacial score (nSPS) is 11.4. The van der Waals surface area contributed by atoms with Gasteiger partial charge in [-0.05, 0) is 43.6 Å². The minimum absolute atomic E-state index is 0.0200. The minimum atomic E-state index is -0.458. The minimum Gasteiger partial charge on any atom is -0.368 e. The van der Waals surface area contributed by atoms with E-state index in [9.17, 15) is 10.1 Å². The molecule has 0 amide bonds. The summed E-state index contributed by atoms with van der Waals surface area (Å²) in [7, 11) is 0. The zero-order valence-electron chi connectivity index (χ0n) is 12.3. The molecule has 0 aromatic carbocycles. The molecule has 1 aromatic rings. The fraction of sp³-hybridized carbons (Fsp3) is 0.615. The largest absolute Gasteiger partial charge is 0.368 e. The first kappa shape index (κ1) is 16.8. The number of hydrogen-bond acceptors (Lipinski definition) is 5. The number of rotatable bonds is 7. The van der Waals surface area contributed by atoms with E-state index >= 15 is 0 Å². The molecule has 0 saturated carbocycles. The van der Waals surface area contributed by atoms with Crippen molar-refractivity contribution < 1.29 is 4.92 Å². The lowest BCUT2D eigenvalue weighted by Gasteiger charge is -2.30. The Morgan fingerprint density at radius 2 is 2.00 bits per heavy atom. The lowest BCUT2D eigenvalue weighted by Crippen LogP contribution is -2.40. The van der Waals surface area contributed by atoms with Crippen molar-refractivity contribution in [1.82, 2.24) is 9.88 Å². The molecule has 0 radical (unpaired) electrons. The number of nitrogens with one attached hydrogen (secondary N) is 1. The van der Waals surface area contributed by atoms with Crippen LogP contribution in [-0.4, -0.2) is 40.0 Å². The highest BCUT2D eigenvalue weighted by atomic mass is 79.9. The standard InChI is InChI=1S/C13H21BrN4O2/c1-9(2)17(10(3)4)6-5-15-13-12(14)7-11(8-16-13)18(19)20/h7-10H,5-6H2,1-4H3,(H,15,16). The fourth-order valence-electron chi connectivity index (χ4n) is 2.07. The quantitative estimate of drug-likeness (QED) is 0.607. The lowest BCUT2D eigenvalue weighted by atomic mass is 10.2. The van der Waals surface area contributed by atoms with Gasteiger partial charge in [0.25, 0.3) is 5.69 Å². The number of pyridine rings is 1. The maximum absolute atomic E-state index is 10.6. The Kier molecular flexibility index (Phi) is 6.35. The molecule has 1 N–H and O–H groups in total. The molecule has 1 aromatic heterocycles. The molecule has 0 aliphatic rings. The van der Waals surface area contributed by atoms with Crippen LogP contribution in [0.25, 0.3) is 0 Å². The molecule has 0 aliphatic heterocycles. The molecule has 0 fully saturated rings. The number of hydrogen-bond donors (Lipinski definition) is 1. The molecule has 0 spiro atoms. The Bertz CT molecular complexity index is 458. The van der Waals surface area contributed by atoms with Gasteiger partial charge in [0.05, 0.1) is 9.40 Å². The van der Waals surface area contributed by atoms with Crippen LogP contribution in [0.5, 0.6) is 0 Å². The molecule has 112 valence electrons. The number of anilines is 1. The van der Waals surface area contributed by atoms with E-state index in [0.717, 1.165) is 13.1 Å². The predicted molar refractivity (Wildman–Crippen MR) is 84.1 cm³/mol. The molecular formula is C13H21BrN4O2. The van der Waals surface area contributed by atoms with Crippen molar-refractivity contribution in [2.24, 2.45) is 0 Å². The summed E-state index contributed by atoms with van der Waals surface area (Å²) in [6.07, 6.45) is 1.26. The van der Waals surface area contributed by atoms with Gasteiger partial charge in [-0.25, -0.2) is 4.98 Å². The summed E-state index contributed by atoms with van der Waals surface area (Å²) < 4.78 is 0.604. The van der Waals surface area contributed by atoms with Crippen LogP contribution in [0.4, 0.5) is 11.5 Å². The van der Waals surface area contributed by atoms with Gasteiger partial charge in [-0.1, -0.05) is 0 Å². The summed E-state index contributed by atoms with van der Waals surface area (Å²) >= 11 is 3.30. The highest BCUT2D eigenvalue weighted by molar-refractivity contribution is 9.10. The summed E-state index contributed by atoms with van der Waals surface area (Å²) in [5.74, 6) is 0.628. The fourth-order valence-corrected chi connectivity index (χ4v) is 2.55. The first-order valence-electron chi connectivity index (χ1n) is 6.62. The third-order valence-corrected chi connectivity index (χ3v) is 3.63. The van der Waals surface area contributed by atoms with E-state index in [1.165, 1.54) is 12.3 Å². The molecule has 0 atom stereocenters. The van der Waals surface area contributed by atoms with Crippen LogP contribution in [0, 0.1) is 10.1 Å². The van der Waals surface area contributed by atoms with Gasteiger partial charge >= 0.3 is 0 Å². The second kappa shape index (κ2) is 7.54. The zero-order chi connectivity index (χ0) is 15.3. The van der Waals surface area contributed by atoms with E-state index in [1.807, 2.05) is 0 Å². The van der Waals surface area contributed by atoms with Crippen molar-refractivity contribution in [1.29, 1.82) is 0 Å². The van der Waals surface area contributed by atoms with Crippen molar-refractivity contribution in [3.8, 4) is 0 Å². The maximum atomic E-state index is 10.6. The highest BCUT2D eigenvalue weighted by Gasteiger charge is 2.14. The van der Waals surface area contributed by atoms with Crippen LogP contribution in [0.3, 0.4) is 0 Å². The van der Waals surface area contributed by atoms with E-state index < -0.39 is 4.92 Å². The molecule has 0 aliphatic carbocycles. The Balaban J connectivity index is 2.60. The Hall–Kier alpha value is -1.21. The Morgan fingerprint density at radius 3 is 2.45 bits per heavy atom. The number of nitro groups is 1. The van der Waals surface area contributed by atoms with Crippen molar-refractivity contribution >= 4 is 27.4 Å². The summed E-state index contributed by atoms with van der Waals surface area (Å²) in [5.41, 5.74) is -0.0200. The number of halogens is 1. The molecule has 20 heavy (non-hydrogen) atoms. The monoisotopic (exact) mass is 344 g/mol. The molecule has 0 saturated heterocycles. The van der Waals surface area contributed by atoms with Crippen LogP contribution in [-0.2, 0) is 0 Å². The van der Waals surface area contributed by atoms with Gasteiger partial charge in [-0.15, -0.1) is 0 Å². The van der Waals surface area contributed by atoms with Gasteiger partial charge in [0.1, 0.15) is 12.0 Å². The van der Waals surface area contributed by atoms with E-state index in [2.05, 4.69) is 58.8 Å². The van der Waals surface area contributed by atoms with Crippen molar-refractivity contribution in [3.63, 3.8) is 0 Å². The van der Waals surface area contributed by atoms with E-state index in [4.69, 9.17) is 0 Å². The van der Waals surface area contributed by atoms with Gasteiger partial charge in [0.15, 0.2) is 0 Å². The molecule has 1 heterocycles. The maximum Gasteiger partial charge on any atom is 0.288 e. The molecule has 1 rings (SSSR count). The van der Waals surface area contributed by atoms with Gasteiger partial charge in [-0.3, -0.25) is 15.0 Å². The number of aromatic nitrogens is 1. The zero-order valence-corrected chi connectivity index (χ0v) is 13.8. The molecule has 6 nitrogen and oxygen atoms in total. The third-order valence-electron chi connectivity index (χ3n) is 3.03. The van der Waals surface area contributed by atoms with E-state index in [-0.39, 0.29) is 5.69 Å². The second-order valence-electron chi connectivity index (χ2n) is 5.13.